The molecule has 1 aliphatic carbocycles. The smallest absolute Gasteiger partial charge is 0.177 e. The molecule has 2 aliphatic rings. The molecule has 0 unspecified atom stereocenters. The number of aromatic nitrogens is 1. The molecule has 1 aromatic heterocycles. The number of benzene rings is 1. The Balaban J connectivity index is 1.87. The number of rotatable bonds is 7. The van der Waals surface area contributed by atoms with Crippen LogP contribution in [0.2, 0.25) is 0 Å². The number of aryl methyl sites for hydroxylation is 2. The Kier molecular flexibility index (Phi) is 6.61. The molecule has 1 aliphatic heterocycles. The molecule has 0 amide bonds. The molecule has 6 heteroatoms. The van der Waals surface area contributed by atoms with Crippen LogP contribution >= 0.6 is 0 Å². The Hall–Kier alpha value is -3.02. The first-order valence-electron chi connectivity index (χ1n) is 12.1. The molecule has 0 radical (unpaired) electrons. The minimum absolute atomic E-state index is 0.0547. The van der Waals surface area contributed by atoms with Crippen LogP contribution in [0.4, 0.5) is 14.5 Å². The molecule has 1 spiro atoms. The SMILES string of the molecule is C=C(C)B/C=C(\C=N)c1cc2c(cn1)CN(c1c(F)c(C)cc(CC)c1F)/C(=C\CC)C21CC1. The summed E-state index contributed by atoms with van der Waals surface area (Å²) < 4.78 is 31.0. The quantitative estimate of drug-likeness (QED) is 0.378. The largest absolute Gasteiger partial charge is 0.335 e. The Labute approximate surface area is 202 Å². The number of nitrogens with one attached hydrogen (secondary N) is 1. The fourth-order valence-corrected chi connectivity index (χ4v) is 5.05. The molecule has 1 saturated carbocycles. The van der Waals surface area contributed by atoms with Crippen LogP contribution in [0.1, 0.15) is 68.0 Å². The van der Waals surface area contributed by atoms with Gasteiger partial charge in [0.05, 0.1) is 5.69 Å². The van der Waals surface area contributed by atoms with Crippen molar-refractivity contribution in [2.24, 2.45) is 0 Å². The van der Waals surface area contributed by atoms with Gasteiger partial charge in [-0.2, -0.15) is 0 Å². The number of allylic oxidation sites excluding steroid dienone is 4. The van der Waals surface area contributed by atoms with Gasteiger partial charge < -0.3 is 10.3 Å². The van der Waals surface area contributed by atoms with E-state index in [9.17, 15) is 0 Å². The predicted octanol–water partition coefficient (Wildman–Crippen LogP) is 6.54. The zero-order valence-electron chi connectivity index (χ0n) is 20.6. The molecule has 1 aromatic carbocycles. The molecule has 176 valence electrons. The average Bonchev–Trinajstić information content (AvgIpc) is 3.60. The van der Waals surface area contributed by atoms with Crippen LogP contribution in [0.15, 0.2) is 48.1 Å². The molecule has 1 N–H and O–H groups in total. The summed E-state index contributed by atoms with van der Waals surface area (Å²) in [6.07, 6.45) is 8.42. The highest BCUT2D eigenvalue weighted by Crippen LogP contribution is 2.59. The van der Waals surface area contributed by atoms with Crippen molar-refractivity contribution in [2.45, 2.75) is 65.3 Å². The molecule has 4 rings (SSSR count). The summed E-state index contributed by atoms with van der Waals surface area (Å²) in [6, 6.07) is 3.70. The van der Waals surface area contributed by atoms with Crippen molar-refractivity contribution in [3.05, 3.63) is 87.7 Å². The number of halogens is 2. The maximum Gasteiger partial charge on any atom is 0.177 e. The lowest BCUT2D eigenvalue weighted by Crippen LogP contribution is -2.37. The summed E-state index contributed by atoms with van der Waals surface area (Å²) in [5.41, 5.74) is 6.45. The molecule has 3 nitrogen and oxygen atoms in total. The second-order valence-electron chi connectivity index (χ2n) is 9.54. The van der Waals surface area contributed by atoms with Crippen LogP contribution in [0.5, 0.6) is 0 Å². The molecule has 2 aromatic rings. The first-order valence-corrected chi connectivity index (χ1v) is 12.1. The van der Waals surface area contributed by atoms with Gasteiger partial charge in [-0.25, -0.2) is 8.78 Å². The molecule has 1 fully saturated rings. The summed E-state index contributed by atoms with van der Waals surface area (Å²) in [5, 5.41) is 7.89. The zero-order chi connectivity index (χ0) is 24.6. The highest BCUT2D eigenvalue weighted by atomic mass is 19.1. The lowest BCUT2D eigenvalue weighted by atomic mass is 9.69. The van der Waals surface area contributed by atoms with Crippen molar-refractivity contribution in [1.29, 1.82) is 5.41 Å². The summed E-state index contributed by atoms with van der Waals surface area (Å²) in [6.45, 7) is 11.9. The van der Waals surface area contributed by atoms with Gasteiger partial charge in [-0.05, 0) is 60.9 Å². The van der Waals surface area contributed by atoms with Gasteiger partial charge >= 0.3 is 0 Å². The number of hydrogen-bond acceptors (Lipinski definition) is 3. The number of fused-ring (bicyclic) bond motifs is 2. The first kappa shape index (κ1) is 24.1. The first-order chi connectivity index (χ1) is 16.3. The monoisotopic (exact) mass is 459 g/mol. The zero-order valence-corrected chi connectivity index (χ0v) is 20.6. The lowest BCUT2D eigenvalue weighted by molar-refractivity contribution is 0.551. The summed E-state index contributed by atoms with van der Waals surface area (Å²) in [7, 11) is 0.690. The molecular formula is C28H32BF2N3. The number of hydrogen-bond donors (Lipinski definition) is 1. The standard InChI is InChI=1S/C28H32BF2N3/c1-6-8-24-28(9-10-28)22-12-23(20(14-32)13-29-17(3)4)33-15-21(22)16-34(24)27-25(30)18(5)11-19(7-2)26(27)31/h8,11-15,29,32H,3,6-7,9-10,16H2,1-2,4-5H3/b20-13+,24-8-,32-14?. The van der Waals surface area contributed by atoms with Crippen molar-refractivity contribution in [3.63, 3.8) is 0 Å². The fourth-order valence-electron chi connectivity index (χ4n) is 5.05. The molecular weight excluding hydrogens is 427 g/mol. The molecule has 2 heterocycles. The summed E-state index contributed by atoms with van der Waals surface area (Å²) >= 11 is 0. The Bertz CT molecular complexity index is 1220. The van der Waals surface area contributed by atoms with Crippen molar-refractivity contribution in [3.8, 4) is 0 Å². The van der Waals surface area contributed by atoms with Gasteiger partial charge in [0.2, 0.25) is 0 Å². The van der Waals surface area contributed by atoms with Gasteiger partial charge in [0.15, 0.2) is 18.9 Å². The second-order valence-corrected chi connectivity index (χ2v) is 9.54. The van der Waals surface area contributed by atoms with Crippen molar-refractivity contribution in [2.75, 3.05) is 4.90 Å². The maximum atomic E-state index is 15.6. The van der Waals surface area contributed by atoms with E-state index in [0.29, 0.717) is 31.4 Å². The van der Waals surface area contributed by atoms with E-state index in [1.807, 2.05) is 30.9 Å². The summed E-state index contributed by atoms with van der Waals surface area (Å²) in [5.74, 6) is 1.02. The molecule has 0 saturated heterocycles. The van der Waals surface area contributed by atoms with Crippen LogP contribution < -0.4 is 4.90 Å². The molecule has 0 bridgehead atoms. The third-order valence-electron chi connectivity index (χ3n) is 6.97. The van der Waals surface area contributed by atoms with Gasteiger partial charge in [0.25, 0.3) is 0 Å². The normalized spacial score (nSPS) is 17.6. The van der Waals surface area contributed by atoms with Gasteiger partial charge in [0.1, 0.15) is 5.69 Å². The summed E-state index contributed by atoms with van der Waals surface area (Å²) in [4.78, 5) is 6.50. The predicted molar refractivity (Wildman–Crippen MR) is 139 cm³/mol. The van der Waals surface area contributed by atoms with E-state index in [0.717, 1.165) is 47.3 Å². The van der Waals surface area contributed by atoms with Crippen LogP contribution in [0.3, 0.4) is 0 Å². The topological polar surface area (TPSA) is 40.0 Å². The van der Waals surface area contributed by atoms with Gasteiger partial charge in [-0.1, -0.05) is 32.9 Å². The highest BCUT2D eigenvalue weighted by Gasteiger charge is 2.54. The van der Waals surface area contributed by atoms with Gasteiger partial charge in [-0.3, -0.25) is 4.98 Å². The van der Waals surface area contributed by atoms with E-state index in [1.54, 1.807) is 13.0 Å². The third kappa shape index (κ3) is 4.04. The van der Waals surface area contributed by atoms with Crippen molar-refractivity contribution in [1.82, 2.24) is 4.98 Å². The number of nitrogens with zero attached hydrogens (tertiary/aromatic N) is 2. The van der Waals surface area contributed by atoms with Crippen LogP contribution in [-0.4, -0.2) is 18.5 Å². The Morgan fingerprint density at radius 3 is 2.59 bits per heavy atom. The van der Waals surface area contributed by atoms with Gasteiger partial charge in [0, 0.05) is 35.6 Å². The van der Waals surface area contributed by atoms with Crippen molar-refractivity contribution >= 4 is 24.8 Å². The maximum absolute atomic E-state index is 15.6. The van der Waals surface area contributed by atoms with Crippen LogP contribution in [0.25, 0.3) is 5.57 Å². The van der Waals surface area contributed by atoms with Crippen LogP contribution in [0, 0.1) is 24.0 Å². The van der Waals surface area contributed by atoms with E-state index in [1.165, 1.54) is 11.8 Å². The fraction of sp³-hybridized carbons (Fsp3) is 0.357. The number of pyridine rings is 1. The van der Waals surface area contributed by atoms with E-state index in [-0.39, 0.29) is 11.1 Å². The van der Waals surface area contributed by atoms with E-state index >= 15 is 8.78 Å². The molecule has 34 heavy (non-hydrogen) atoms. The van der Waals surface area contributed by atoms with E-state index in [2.05, 4.69) is 30.6 Å². The van der Waals surface area contributed by atoms with Gasteiger partial charge in [-0.15, -0.1) is 18.0 Å². The van der Waals surface area contributed by atoms with E-state index in [4.69, 9.17) is 5.41 Å². The average molecular weight is 459 g/mol. The Morgan fingerprint density at radius 1 is 1.26 bits per heavy atom. The highest BCUT2D eigenvalue weighted by molar-refractivity contribution is 6.53. The van der Waals surface area contributed by atoms with E-state index < -0.39 is 11.6 Å². The Morgan fingerprint density at radius 2 is 2.00 bits per heavy atom. The van der Waals surface area contributed by atoms with Crippen LogP contribution in [-0.2, 0) is 18.4 Å². The second kappa shape index (κ2) is 9.32. The minimum Gasteiger partial charge on any atom is -0.335 e. The minimum atomic E-state index is -0.491. The third-order valence-corrected chi connectivity index (χ3v) is 6.97. The number of anilines is 1. The molecule has 0 atom stereocenters. The van der Waals surface area contributed by atoms with Crippen molar-refractivity contribution < 1.29 is 8.78 Å². The lowest BCUT2D eigenvalue weighted by Gasteiger charge is -2.40.